The lowest BCUT2D eigenvalue weighted by Gasteiger charge is -2.35. The molecule has 3 rings (SSSR count). The Labute approximate surface area is 105 Å². The molecule has 0 amide bonds. The summed E-state index contributed by atoms with van der Waals surface area (Å²) in [6, 6.07) is 9.97. The van der Waals surface area contributed by atoms with Crippen LogP contribution in [0.25, 0.3) is 0 Å². The first-order valence-corrected chi connectivity index (χ1v) is 6.61. The second kappa shape index (κ2) is 4.08. The van der Waals surface area contributed by atoms with Gasteiger partial charge in [-0.1, -0.05) is 12.1 Å². The molecule has 0 N–H and O–H groups in total. The third kappa shape index (κ3) is 2.15. The van der Waals surface area contributed by atoms with Crippen molar-refractivity contribution >= 4 is 11.3 Å². The van der Waals surface area contributed by atoms with Crippen LogP contribution in [0, 0.1) is 0 Å². The van der Waals surface area contributed by atoms with E-state index < -0.39 is 0 Å². The van der Waals surface area contributed by atoms with E-state index in [4.69, 9.17) is 9.47 Å². The van der Waals surface area contributed by atoms with Crippen LogP contribution in [0.5, 0.6) is 11.5 Å². The van der Waals surface area contributed by atoms with Crippen LogP contribution in [0.1, 0.15) is 12.5 Å². The van der Waals surface area contributed by atoms with Crippen molar-refractivity contribution in [2.45, 2.75) is 18.9 Å². The van der Waals surface area contributed by atoms with E-state index in [1.165, 1.54) is 5.56 Å². The summed E-state index contributed by atoms with van der Waals surface area (Å²) in [6.07, 6.45) is 0.880. The average molecular weight is 246 g/mol. The van der Waals surface area contributed by atoms with Gasteiger partial charge in [0.2, 0.25) is 0 Å². The molecule has 2 nitrogen and oxygen atoms in total. The minimum Gasteiger partial charge on any atom is -0.486 e. The van der Waals surface area contributed by atoms with Gasteiger partial charge in [0.15, 0.2) is 11.5 Å². The van der Waals surface area contributed by atoms with Crippen molar-refractivity contribution in [3.63, 3.8) is 0 Å². The van der Waals surface area contributed by atoms with E-state index >= 15 is 0 Å². The summed E-state index contributed by atoms with van der Waals surface area (Å²) in [5.41, 5.74) is 1.04. The molecule has 3 heteroatoms. The lowest BCUT2D eigenvalue weighted by atomic mass is 9.98. The van der Waals surface area contributed by atoms with Crippen molar-refractivity contribution in [2.24, 2.45) is 0 Å². The topological polar surface area (TPSA) is 18.5 Å². The van der Waals surface area contributed by atoms with Crippen LogP contribution in [0.4, 0.5) is 0 Å². The Morgan fingerprint density at radius 1 is 1.24 bits per heavy atom. The van der Waals surface area contributed by atoms with Crippen LogP contribution in [0.2, 0.25) is 0 Å². The zero-order valence-electron chi connectivity index (χ0n) is 9.68. The Hall–Kier alpha value is -1.48. The molecule has 0 fully saturated rings. The summed E-state index contributed by atoms with van der Waals surface area (Å²) in [4.78, 5) is 0. The van der Waals surface area contributed by atoms with Gasteiger partial charge in [0.25, 0.3) is 0 Å². The average Bonchev–Trinajstić information content (AvgIpc) is 2.81. The molecule has 0 aliphatic carbocycles. The third-order valence-electron chi connectivity index (χ3n) is 2.90. The Morgan fingerprint density at radius 2 is 2.06 bits per heavy atom. The first-order valence-electron chi connectivity index (χ1n) is 5.67. The highest BCUT2D eigenvalue weighted by atomic mass is 32.1. The Balaban J connectivity index is 1.82. The van der Waals surface area contributed by atoms with Gasteiger partial charge in [0.1, 0.15) is 12.2 Å². The fraction of sp³-hybridized carbons (Fsp3) is 0.286. The predicted molar refractivity (Wildman–Crippen MR) is 69.0 cm³/mol. The maximum absolute atomic E-state index is 6.07. The van der Waals surface area contributed by atoms with Crippen molar-refractivity contribution in [3.05, 3.63) is 46.7 Å². The molecular weight excluding hydrogens is 232 g/mol. The molecule has 1 aromatic heterocycles. The standard InChI is InChI=1S/C14H14O2S/c1-14(8-11-6-7-17-9-11)10-15-12-4-2-3-5-13(12)16-14/h2-7,9H,8,10H2,1H3/t14-/m0/s1. The molecule has 2 aromatic rings. The van der Waals surface area contributed by atoms with Gasteiger partial charge in [-0.25, -0.2) is 0 Å². The van der Waals surface area contributed by atoms with Gasteiger partial charge in [0, 0.05) is 6.42 Å². The molecule has 0 saturated carbocycles. The number of ether oxygens (including phenoxy) is 2. The highest BCUT2D eigenvalue weighted by Crippen LogP contribution is 2.36. The number of hydrogen-bond acceptors (Lipinski definition) is 3. The minimum atomic E-state index is -0.268. The van der Waals surface area contributed by atoms with Gasteiger partial charge < -0.3 is 9.47 Å². The van der Waals surface area contributed by atoms with Crippen molar-refractivity contribution in [3.8, 4) is 11.5 Å². The van der Waals surface area contributed by atoms with E-state index in [2.05, 4.69) is 23.8 Å². The van der Waals surface area contributed by atoms with Crippen molar-refractivity contribution in [1.29, 1.82) is 0 Å². The van der Waals surface area contributed by atoms with Crippen LogP contribution < -0.4 is 9.47 Å². The van der Waals surface area contributed by atoms with Crippen LogP contribution in [0.15, 0.2) is 41.1 Å². The highest BCUT2D eigenvalue weighted by Gasteiger charge is 2.33. The molecule has 0 saturated heterocycles. The summed E-state index contributed by atoms with van der Waals surface area (Å²) >= 11 is 1.72. The number of para-hydroxylation sites is 2. The molecule has 1 aliphatic heterocycles. The quantitative estimate of drug-likeness (QED) is 0.807. The fourth-order valence-corrected chi connectivity index (χ4v) is 2.76. The molecule has 1 aliphatic rings. The molecule has 1 aromatic carbocycles. The smallest absolute Gasteiger partial charge is 0.162 e. The van der Waals surface area contributed by atoms with Gasteiger partial charge in [-0.15, -0.1) is 0 Å². The van der Waals surface area contributed by atoms with Crippen LogP contribution in [0.3, 0.4) is 0 Å². The van der Waals surface area contributed by atoms with Crippen LogP contribution in [-0.2, 0) is 6.42 Å². The maximum atomic E-state index is 6.07. The Morgan fingerprint density at radius 3 is 2.82 bits per heavy atom. The lowest BCUT2D eigenvalue weighted by Crippen LogP contribution is -2.43. The molecule has 0 unspecified atom stereocenters. The Bertz CT molecular complexity index is 507. The summed E-state index contributed by atoms with van der Waals surface area (Å²) in [5, 5.41) is 4.26. The van der Waals surface area contributed by atoms with Gasteiger partial charge in [0.05, 0.1) is 0 Å². The minimum absolute atomic E-state index is 0.268. The van der Waals surface area contributed by atoms with E-state index in [1.807, 2.05) is 24.3 Å². The lowest BCUT2D eigenvalue weighted by molar-refractivity contribution is 0.00665. The SMILES string of the molecule is C[C@]1(Cc2ccsc2)COc2ccccc2O1. The van der Waals surface area contributed by atoms with E-state index in [9.17, 15) is 0 Å². The zero-order valence-corrected chi connectivity index (χ0v) is 10.5. The van der Waals surface area contributed by atoms with E-state index in [1.54, 1.807) is 11.3 Å². The van der Waals surface area contributed by atoms with Crippen LogP contribution >= 0.6 is 11.3 Å². The number of benzene rings is 1. The number of rotatable bonds is 2. The number of fused-ring (bicyclic) bond motifs is 1. The van der Waals surface area contributed by atoms with Crippen LogP contribution in [-0.4, -0.2) is 12.2 Å². The largest absolute Gasteiger partial charge is 0.486 e. The van der Waals surface area contributed by atoms with Gasteiger partial charge in [-0.05, 0) is 41.4 Å². The second-order valence-corrected chi connectivity index (χ2v) is 5.38. The molecule has 17 heavy (non-hydrogen) atoms. The molecule has 88 valence electrons. The third-order valence-corrected chi connectivity index (χ3v) is 3.63. The molecular formula is C14H14O2S. The van der Waals surface area contributed by atoms with Crippen molar-refractivity contribution in [2.75, 3.05) is 6.61 Å². The molecule has 0 bridgehead atoms. The van der Waals surface area contributed by atoms with E-state index in [0.29, 0.717) is 6.61 Å². The van der Waals surface area contributed by atoms with E-state index in [-0.39, 0.29) is 5.60 Å². The molecule has 0 radical (unpaired) electrons. The van der Waals surface area contributed by atoms with Gasteiger partial charge >= 0.3 is 0 Å². The fourth-order valence-electron chi connectivity index (χ4n) is 2.09. The highest BCUT2D eigenvalue weighted by molar-refractivity contribution is 7.07. The normalized spacial score (nSPS) is 22.4. The summed E-state index contributed by atoms with van der Waals surface area (Å²) in [7, 11) is 0. The first kappa shape index (κ1) is 10.7. The molecule has 2 heterocycles. The first-order chi connectivity index (χ1) is 8.25. The molecule has 1 atom stereocenters. The monoisotopic (exact) mass is 246 g/mol. The van der Waals surface area contributed by atoms with Crippen molar-refractivity contribution in [1.82, 2.24) is 0 Å². The number of thiophene rings is 1. The zero-order chi connectivity index (χ0) is 11.7. The summed E-state index contributed by atoms with van der Waals surface area (Å²) in [5.74, 6) is 1.69. The molecule has 0 spiro atoms. The van der Waals surface area contributed by atoms with Gasteiger partial charge in [-0.2, -0.15) is 11.3 Å². The van der Waals surface area contributed by atoms with E-state index in [0.717, 1.165) is 17.9 Å². The van der Waals surface area contributed by atoms with Crippen molar-refractivity contribution < 1.29 is 9.47 Å². The second-order valence-electron chi connectivity index (χ2n) is 4.60. The maximum Gasteiger partial charge on any atom is 0.162 e. The number of hydrogen-bond donors (Lipinski definition) is 0. The summed E-state index contributed by atoms with van der Waals surface area (Å²) in [6.45, 7) is 2.69. The summed E-state index contributed by atoms with van der Waals surface area (Å²) < 4.78 is 11.8. The predicted octanol–water partition coefficient (Wildman–Crippen LogP) is 3.52. The Kier molecular flexibility index (Phi) is 2.56. The van der Waals surface area contributed by atoms with Gasteiger partial charge in [-0.3, -0.25) is 0 Å².